The van der Waals surface area contributed by atoms with Crippen molar-refractivity contribution in [3.63, 3.8) is 0 Å². The molecule has 1 heterocycles. The molecule has 0 spiro atoms. The van der Waals surface area contributed by atoms with E-state index in [1.165, 1.54) is 22.3 Å². The molecule has 0 aromatic heterocycles. The van der Waals surface area contributed by atoms with Gasteiger partial charge in [0, 0.05) is 6.66 Å². The van der Waals surface area contributed by atoms with Gasteiger partial charge in [-0.25, -0.2) is 0 Å². The van der Waals surface area contributed by atoms with Gasteiger partial charge in [0.15, 0.2) is 8.38 Å². The molecule has 1 aliphatic rings. The molecule has 0 fully saturated rings. The van der Waals surface area contributed by atoms with Crippen LogP contribution < -0.4 is 0 Å². The van der Waals surface area contributed by atoms with Gasteiger partial charge in [0.05, 0.1) is 13.2 Å². The first kappa shape index (κ1) is 11.9. The molecule has 0 N–H and O–H groups in total. The lowest BCUT2D eigenvalue weighted by Gasteiger charge is -2.11. The highest BCUT2D eigenvalue weighted by Crippen LogP contribution is 2.40. The minimum Gasteiger partial charge on any atom is -0.329 e. The van der Waals surface area contributed by atoms with Crippen LogP contribution in [0.3, 0.4) is 0 Å². The Balaban J connectivity index is 2.15. The Morgan fingerprint density at radius 2 is 1.22 bits per heavy atom. The van der Waals surface area contributed by atoms with E-state index in [1.807, 2.05) is 6.66 Å². The SMILES string of the molecule is CP1OCc2ccccc2-c2ccccc2CO1. The molecule has 92 valence electrons. The molecule has 18 heavy (non-hydrogen) atoms. The summed E-state index contributed by atoms with van der Waals surface area (Å²) >= 11 is 0. The molecule has 2 nitrogen and oxygen atoms in total. The summed E-state index contributed by atoms with van der Waals surface area (Å²) in [6.07, 6.45) is 0. The highest BCUT2D eigenvalue weighted by atomic mass is 31.2. The molecule has 0 bridgehead atoms. The zero-order valence-electron chi connectivity index (χ0n) is 10.3. The summed E-state index contributed by atoms with van der Waals surface area (Å²) < 4.78 is 11.5. The van der Waals surface area contributed by atoms with Crippen LogP contribution in [0.15, 0.2) is 48.5 Å². The first-order chi connectivity index (χ1) is 8.84. The van der Waals surface area contributed by atoms with Crippen molar-refractivity contribution in [1.82, 2.24) is 0 Å². The van der Waals surface area contributed by atoms with Crippen LogP contribution in [0, 0.1) is 0 Å². The molecule has 3 rings (SSSR count). The summed E-state index contributed by atoms with van der Waals surface area (Å²) in [4.78, 5) is 0. The molecular formula is C15H15O2P. The lowest BCUT2D eigenvalue weighted by atomic mass is 9.96. The molecule has 2 aromatic rings. The molecule has 0 saturated heterocycles. The molecule has 2 aromatic carbocycles. The van der Waals surface area contributed by atoms with Gasteiger partial charge in [-0.3, -0.25) is 0 Å². The van der Waals surface area contributed by atoms with Gasteiger partial charge in [0.25, 0.3) is 0 Å². The maximum Gasteiger partial charge on any atom is 0.167 e. The van der Waals surface area contributed by atoms with E-state index < -0.39 is 8.38 Å². The largest absolute Gasteiger partial charge is 0.329 e. The highest BCUT2D eigenvalue weighted by Gasteiger charge is 2.14. The predicted octanol–water partition coefficient (Wildman–Crippen LogP) is 4.34. The molecule has 0 amide bonds. The Bertz CT molecular complexity index is 504. The fraction of sp³-hybridized carbons (Fsp3) is 0.200. The Labute approximate surface area is 108 Å². The van der Waals surface area contributed by atoms with Crippen molar-refractivity contribution < 1.29 is 9.05 Å². The lowest BCUT2D eigenvalue weighted by Crippen LogP contribution is -1.92. The molecule has 0 radical (unpaired) electrons. The third kappa shape index (κ3) is 2.32. The average Bonchev–Trinajstić information content (AvgIpc) is 2.49. The van der Waals surface area contributed by atoms with Gasteiger partial charge in [-0.05, 0) is 22.3 Å². The van der Waals surface area contributed by atoms with Crippen molar-refractivity contribution in [3.05, 3.63) is 59.7 Å². The summed E-state index contributed by atoms with van der Waals surface area (Å²) in [7, 11) is -0.801. The maximum atomic E-state index is 5.76. The second-order valence-corrected chi connectivity index (χ2v) is 5.70. The number of benzene rings is 2. The topological polar surface area (TPSA) is 18.5 Å². The van der Waals surface area contributed by atoms with Crippen molar-refractivity contribution in [3.8, 4) is 11.1 Å². The predicted molar refractivity (Wildman–Crippen MR) is 74.3 cm³/mol. The number of hydrogen-bond donors (Lipinski definition) is 0. The third-order valence-corrected chi connectivity index (χ3v) is 4.11. The lowest BCUT2D eigenvalue weighted by molar-refractivity contribution is 0.241. The Kier molecular flexibility index (Phi) is 3.42. The van der Waals surface area contributed by atoms with Crippen LogP contribution in [-0.2, 0) is 22.3 Å². The van der Waals surface area contributed by atoms with E-state index in [9.17, 15) is 0 Å². The van der Waals surface area contributed by atoms with Gasteiger partial charge in [-0.15, -0.1) is 0 Å². The maximum absolute atomic E-state index is 5.76. The van der Waals surface area contributed by atoms with Crippen LogP contribution in [0.25, 0.3) is 11.1 Å². The standard InChI is InChI=1S/C15H15O2P/c1-18-16-10-12-6-2-4-8-14(12)15-9-5-3-7-13(15)11-17-18/h2-9H,10-11H2,1H3. The second-order valence-electron chi connectivity index (χ2n) is 4.30. The van der Waals surface area contributed by atoms with Gasteiger partial charge in [0.1, 0.15) is 0 Å². The van der Waals surface area contributed by atoms with Gasteiger partial charge < -0.3 is 9.05 Å². The van der Waals surface area contributed by atoms with E-state index >= 15 is 0 Å². The summed E-state index contributed by atoms with van der Waals surface area (Å²) in [6, 6.07) is 16.8. The number of fused-ring (bicyclic) bond motifs is 3. The van der Waals surface area contributed by atoms with E-state index in [-0.39, 0.29) is 0 Å². The summed E-state index contributed by atoms with van der Waals surface area (Å²) in [6.45, 7) is 3.24. The van der Waals surface area contributed by atoms with Crippen LogP contribution in [0.1, 0.15) is 11.1 Å². The minimum absolute atomic E-state index is 0.618. The first-order valence-electron chi connectivity index (χ1n) is 6.00. The smallest absolute Gasteiger partial charge is 0.167 e. The molecule has 3 heteroatoms. The average molecular weight is 258 g/mol. The fourth-order valence-electron chi connectivity index (χ4n) is 2.18. The normalized spacial score (nSPS) is 16.1. The van der Waals surface area contributed by atoms with Crippen molar-refractivity contribution in [1.29, 1.82) is 0 Å². The number of rotatable bonds is 0. The molecule has 0 unspecified atom stereocenters. The summed E-state index contributed by atoms with van der Waals surface area (Å²) in [5.74, 6) is 0. The second kappa shape index (κ2) is 5.19. The molecular weight excluding hydrogens is 243 g/mol. The van der Waals surface area contributed by atoms with Crippen molar-refractivity contribution in [2.75, 3.05) is 6.66 Å². The minimum atomic E-state index is -0.801. The Hall–Kier alpha value is -1.21. The van der Waals surface area contributed by atoms with Crippen LogP contribution in [-0.4, -0.2) is 6.66 Å². The van der Waals surface area contributed by atoms with E-state index in [0.717, 1.165) is 0 Å². The van der Waals surface area contributed by atoms with E-state index in [4.69, 9.17) is 9.05 Å². The van der Waals surface area contributed by atoms with Crippen LogP contribution in [0.5, 0.6) is 0 Å². The van der Waals surface area contributed by atoms with Crippen molar-refractivity contribution in [2.45, 2.75) is 13.2 Å². The van der Waals surface area contributed by atoms with Crippen LogP contribution >= 0.6 is 8.38 Å². The molecule has 1 aliphatic heterocycles. The van der Waals surface area contributed by atoms with Crippen molar-refractivity contribution in [2.24, 2.45) is 0 Å². The highest BCUT2D eigenvalue weighted by molar-refractivity contribution is 7.46. The molecule has 0 saturated carbocycles. The Morgan fingerprint density at radius 1 is 0.778 bits per heavy atom. The van der Waals surface area contributed by atoms with E-state index in [2.05, 4.69) is 48.5 Å². The zero-order valence-corrected chi connectivity index (χ0v) is 11.2. The van der Waals surface area contributed by atoms with Gasteiger partial charge in [0.2, 0.25) is 0 Å². The van der Waals surface area contributed by atoms with Gasteiger partial charge in [-0.1, -0.05) is 48.5 Å². The third-order valence-electron chi connectivity index (χ3n) is 3.13. The van der Waals surface area contributed by atoms with E-state index in [0.29, 0.717) is 13.2 Å². The number of hydrogen-bond acceptors (Lipinski definition) is 2. The van der Waals surface area contributed by atoms with Gasteiger partial charge >= 0.3 is 0 Å². The Morgan fingerprint density at radius 3 is 1.72 bits per heavy atom. The summed E-state index contributed by atoms with van der Waals surface area (Å²) in [5.41, 5.74) is 4.96. The molecule has 0 aliphatic carbocycles. The van der Waals surface area contributed by atoms with Crippen LogP contribution in [0.2, 0.25) is 0 Å². The molecule has 0 atom stereocenters. The monoisotopic (exact) mass is 258 g/mol. The summed E-state index contributed by atoms with van der Waals surface area (Å²) in [5, 5.41) is 0. The zero-order chi connectivity index (χ0) is 12.4. The first-order valence-corrected chi connectivity index (χ1v) is 7.63. The van der Waals surface area contributed by atoms with Crippen LogP contribution in [0.4, 0.5) is 0 Å². The van der Waals surface area contributed by atoms with E-state index in [1.54, 1.807) is 0 Å². The fourth-order valence-corrected chi connectivity index (χ4v) is 2.89. The van der Waals surface area contributed by atoms with Crippen molar-refractivity contribution >= 4 is 8.38 Å². The van der Waals surface area contributed by atoms with Gasteiger partial charge in [-0.2, -0.15) is 0 Å². The quantitative estimate of drug-likeness (QED) is 0.654.